The highest BCUT2D eigenvalue weighted by Gasteiger charge is 1.90. The van der Waals surface area contributed by atoms with Crippen molar-refractivity contribution in [1.29, 1.82) is 0 Å². The van der Waals surface area contributed by atoms with Gasteiger partial charge in [-0.3, -0.25) is 0 Å². The fourth-order valence-corrected chi connectivity index (χ4v) is 1.56. The van der Waals surface area contributed by atoms with Crippen LogP contribution in [0.2, 0.25) is 5.02 Å². The first-order chi connectivity index (χ1) is 8.34. The maximum absolute atomic E-state index is 5.78. The van der Waals surface area contributed by atoms with Crippen LogP contribution in [0, 0.1) is 0 Å². The van der Waals surface area contributed by atoms with Gasteiger partial charge in [0.2, 0.25) is 0 Å². The molecule has 2 aromatic carbocycles. The summed E-state index contributed by atoms with van der Waals surface area (Å²) in [5, 5.41) is 0.714. The first-order valence-electron chi connectivity index (χ1n) is 5.46. The largest absolute Gasteiger partial charge is 0.465 e. The molecule has 0 aliphatic heterocycles. The minimum Gasteiger partial charge on any atom is -0.465 e. The lowest BCUT2D eigenvalue weighted by atomic mass is 10.2. The second-order valence-corrected chi connectivity index (χ2v) is 4.07. The summed E-state index contributed by atoms with van der Waals surface area (Å²) >= 11 is 5.78. The minimum absolute atomic E-state index is 0.714. The van der Waals surface area contributed by atoms with Gasteiger partial charge in [-0.1, -0.05) is 41.9 Å². The molecule has 0 atom stereocenters. The van der Waals surface area contributed by atoms with Gasteiger partial charge in [-0.25, -0.2) is 0 Å². The van der Waals surface area contributed by atoms with E-state index in [-0.39, 0.29) is 0 Å². The van der Waals surface area contributed by atoms with Crippen molar-refractivity contribution >= 4 is 11.6 Å². The van der Waals surface area contributed by atoms with Gasteiger partial charge in [0.1, 0.15) is 5.75 Å². The lowest BCUT2D eigenvalue weighted by Gasteiger charge is -1.99. The summed E-state index contributed by atoms with van der Waals surface area (Å²) in [5.74, 6) is 0.790. The molecule has 0 amide bonds. The van der Waals surface area contributed by atoms with Gasteiger partial charge in [0.15, 0.2) is 0 Å². The van der Waals surface area contributed by atoms with Crippen LogP contribution in [0.25, 0.3) is 0 Å². The molecule has 2 rings (SSSR count). The fourth-order valence-electron chi connectivity index (χ4n) is 1.44. The summed E-state index contributed by atoms with van der Waals surface area (Å²) in [6.07, 6.45) is 4.56. The maximum atomic E-state index is 5.78. The summed E-state index contributed by atoms with van der Waals surface area (Å²) in [5.41, 5.74) is 1.27. The van der Waals surface area contributed by atoms with Gasteiger partial charge in [-0.05, 0) is 42.3 Å². The Morgan fingerprint density at radius 3 is 2.35 bits per heavy atom. The molecular weight excluding hydrogens is 232 g/mol. The van der Waals surface area contributed by atoms with E-state index in [1.807, 2.05) is 48.5 Å². The van der Waals surface area contributed by atoms with Gasteiger partial charge in [0.25, 0.3) is 0 Å². The van der Waals surface area contributed by atoms with Crippen LogP contribution in [-0.4, -0.2) is 0 Å². The zero-order valence-electron chi connectivity index (χ0n) is 9.34. The molecule has 17 heavy (non-hydrogen) atoms. The molecule has 0 unspecified atom stereocenters. The Bertz CT molecular complexity index is 474. The van der Waals surface area contributed by atoms with Crippen LogP contribution < -0.4 is 4.74 Å². The maximum Gasteiger partial charge on any atom is 0.126 e. The number of hydrogen-bond acceptors (Lipinski definition) is 1. The van der Waals surface area contributed by atoms with Gasteiger partial charge in [0, 0.05) is 5.02 Å². The zero-order valence-corrected chi connectivity index (χ0v) is 10.1. The highest BCUT2D eigenvalue weighted by molar-refractivity contribution is 6.30. The number of hydrogen-bond donors (Lipinski definition) is 0. The Hall–Kier alpha value is -1.73. The normalized spacial score (nSPS) is 10.6. The Morgan fingerprint density at radius 2 is 1.65 bits per heavy atom. The molecule has 0 aliphatic rings. The van der Waals surface area contributed by atoms with Crippen LogP contribution >= 0.6 is 11.6 Å². The number of allylic oxidation sites excluding steroid dienone is 1. The Kier molecular flexibility index (Phi) is 4.23. The van der Waals surface area contributed by atoms with Crippen LogP contribution in [0.4, 0.5) is 0 Å². The van der Waals surface area contributed by atoms with Gasteiger partial charge < -0.3 is 4.74 Å². The SMILES string of the molecule is Clc1ccc(OC=CCc2ccccc2)cc1. The third kappa shape index (κ3) is 3.97. The lowest BCUT2D eigenvalue weighted by molar-refractivity contribution is 0.479. The third-order valence-electron chi connectivity index (χ3n) is 2.31. The van der Waals surface area contributed by atoms with E-state index in [4.69, 9.17) is 16.3 Å². The molecule has 2 heteroatoms. The number of rotatable bonds is 4. The van der Waals surface area contributed by atoms with Gasteiger partial charge >= 0.3 is 0 Å². The van der Waals surface area contributed by atoms with E-state index in [2.05, 4.69) is 12.1 Å². The number of halogens is 1. The summed E-state index contributed by atoms with van der Waals surface area (Å²) in [6, 6.07) is 17.6. The molecule has 86 valence electrons. The summed E-state index contributed by atoms with van der Waals surface area (Å²) in [7, 11) is 0. The Morgan fingerprint density at radius 1 is 0.941 bits per heavy atom. The molecule has 0 heterocycles. The Labute approximate surface area is 106 Å². The zero-order chi connectivity index (χ0) is 11.9. The van der Waals surface area contributed by atoms with Crippen molar-refractivity contribution in [3.63, 3.8) is 0 Å². The van der Waals surface area contributed by atoms with Gasteiger partial charge in [-0.15, -0.1) is 0 Å². The molecule has 0 N–H and O–H groups in total. The molecule has 0 fully saturated rings. The molecular formula is C15H13ClO. The van der Waals surface area contributed by atoms with Gasteiger partial charge in [-0.2, -0.15) is 0 Å². The molecule has 2 aromatic rings. The van der Waals surface area contributed by atoms with Crippen LogP contribution in [0.15, 0.2) is 66.9 Å². The first kappa shape index (κ1) is 11.7. The third-order valence-corrected chi connectivity index (χ3v) is 2.56. The van der Waals surface area contributed by atoms with Crippen molar-refractivity contribution in [2.24, 2.45) is 0 Å². The van der Waals surface area contributed by atoms with Crippen LogP contribution in [0.3, 0.4) is 0 Å². The highest BCUT2D eigenvalue weighted by atomic mass is 35.5. The average molecular weight is 245 g/mol. The van der Waals surface area contributed by atoms with E-state index in [1.54, 1.807) is 6.26 Å². The standard InChI is InChI=1S/C15H13ClO/c16-14-8-10-15(11-9-14)17-12-4-7-13-5-2-1-3-6-13/h1-6,8-12H,7H2. The molecule has 0 aliphatic carbocycles. The smallest absolute Gasteiger partial charge is 0.126 e. The quantitative estimate of drug-likeness (QED) is 0.721. The molecule has 0 aromatic heterocycles. The van der Waals surface area contributed by atoms with E-state index in [1.165, 1.54) is 5.56 Å². The van der Waals surface area contributed by atoms with Crippen molar-refractivity contribution in [1.82, 2.24) is 0 Å². The molecule has 1 nitrogen and oxygen atoms in total. The molecule has 0 radical (unpaired) electrons. The molecule has 0 saturated heterocycles. The minimum atomic E-state index is 0.714. The van der Waals surface area contributed by atoms with E-state index in [9.17, 15) is 0 Å². The van der Waals surface area contributed by atoms with Gasteiger partial charge in [0.05, 0.1) is 6.26 Å². The molecule has 0 bridgehead atoms. The first-order valence-corrected chi connectivity index (χ1v) is 5.83. The predicted octanol–water partition coefficient (Wildman–Crippen LogP) is 4.48. The summed E-state index contributed by atoms with van der Waals surface area (Å²) < 4.78 is 5.44. The van der Waals surface area contributed by atoms with E-state index >= 15 is 0 Å². The lowest BCUT2D eigenvalue weighted by Crippen LogP contribution is -1.83. The van der Waals surface area contributed by atoms with Crippen LogP contribution in [0.5, 0.6) is 5.75 Å². The second kappa shape index (κ2) is 6.12. The van der Waals surface area contributed by atoms with Crippen LogP contribution in [-0.2, 0) is 6.42 Å². The summed E-state index contributed by atoms with van der Waals surface area (Å²) in [4.78, 5) is 0. The van der Waals surface area contributed by atoms with Crippen LogP contribution in [0.1, 0.15) is 5.56 Å². The van der Waals surface area contributed by atoms with Crippen molar-refractivity contribution in [3.8, 4) is 5.75 Å². The number of benzene rings is 2. The molecule has 0 spiro atoms. The van der Waals surface area contributed by atoms with Crippen molar-refractivity contribution in [2.45, 2.75) is 6.42 Å². The fraction of sp³-hybridized carbons (Fsp3) is 0.0667. The molecule has 0 saturated carbocycles. The average Bonchev–Trinajstić information content (AvgIpc) is 2.38. The number of ether oxygens (including phenoxy) is 1. The van der Waals surface area contributed by atoms with Crippen molar-refractivity contribution in [3.05, 3.63) is 77.5 Å². The van der Waals surface area contributed by atoms with E-state index in [0.29, 0.717) is 5.02 Å². The predicted molar refractivity (Wildman–Crippen MR) is 71.4 cm³/mol. The Balaban J connectivity index is 1.84. The van der Waals surface area contributed by atoms with E-state index < -0.39 is 0 Å². The highest BCUT2D eigenvalue weighted by Crippen LogP contribution is 2.15. The van der Waals surface area contributed by atoms with Crippen molar-refractivity contribution in [2.75, 3.05) is 0 Å². The summed E-state index contributed by atoms with van der Waals surface area (Å²) in [6.45, 7) is 0. The monoisotopic (exact) mass is 244 g/mol. The van der Waals surface area contributed by atoms with Crippen molar-refractivity contribution < 1.29 is 4.74 Å². The van der Waals surface area contributed by atoms with E-state index in [0.717, 1.165) is 12.2 Å². The topological polar surface area (TPSA) is 9.23 Å². The second-order valence-electron chi connectivity index (χ2n) is 3.63.